The number of primary amides is 1. The molecule has 4 aromatic rings. The van der Waals surface area contributed by atoms with E-state index in [1.165, 1.54) is 4.52 Å². The molecule has 0 saturated heterocycles. The molecule has 2 heterocycles. The van der Waals surface area contributed by atoms with Crippen molar-refractivity contribution in [3.05, 3.63) is 48.5 Å². The summed E-state index contributed by atoms with van der Waals surface area (Å²) in [6.07, 6.45) is 0. The molecule has 0 fully saturated rings. The molecular formula is C19H18N6O3. The van der Waals surface area contributed by atoms with E-state index in [1.807, 2.05) is 48.5 Å². The van der Waals surface area contributed by atoms with E-state index in [-0.39, 0.29) is 5.95 Å². The molecule has 2 aromatic carbocycles. The lowest BCUT2D eigenvalue weighted by Crippen LogP contribution is -2.39. The minimum Gasteiger partial charge on any atom is -0.497 e. The maximum Gasteiger partial charge on any atom is 0.242 e. The minimum absolute atomic E-state index is 0.258. The number of hydrogen-bond acceptors (Lipinski definition) is 7. The Morgan fingerprint density at radius 2 is 2.07 bits per heavy atom. The van der Waals surface area contributed by atoms with Crippen molar-refractivity contribution in [3.8, 4) is 17.1 Å². The van der Waals surface area contributed by atoms with Gasteiger partial charge in [-0.05, 0) is 24.3 Å². The van der Waals surface area contributed by atoms with Gasteiger partial charge >= 0.3 is 0 Å². The summed E-state index contributed by atoms with van der Waals surface area (Å²) in [5.41, 5.74) is 7.33. The van der Waals surface area contributed by atoms with Crippen LogP contribution in [-0.2, 0) is 4.79 Å². The van der Waals surface area contributed by atoms with Crippen molar-refractivity contribution in [1.29, 1.82) is 0 Å². The molecule has 2 aromatic heterocycles. The van der Waals surface area contributed by atoms with Gasteiger partial charge in [-0.2, -0.15) is 4.52 Å². The van der Waals surface area contributed by atoms with Crippen molar-refractivity contribution in [1.82, 2.24) is 19.6 Å². The highest BCUT2D eigenvalue weighted by Crippen LogP contribution is 2.26. The summed E-state index contributed by atoms with van der Waals surface area (Å²) < 4.78 is 6.77. The molecule has 0 radical (unpaired) electrons. The number of para-hydroxylation sites is 1. The molecular weight excluding hydrogens is 360 g/mol. The number of hydrogen-bond donors (Lipinski definition) is 3. The molecule has 0 unspecified atom stereocenters. The van der Waals surface area contributed by atoms with Gasteiger partial charge in [0.15, 0.2) is 11.5 Å². The van der Waals surface area contributed by atoms with Gasteiger partial charge in [-0.3, -0.25) is 4.79 Å². The van der Waals surface area contributed by atoms with E-state index in [1.54, 1.807) is 7.11 Å². The number of aromatic nitrogens is 4. The predicted octanol–water partition coefficient (Wildman–Crippen LogP) is 1.21. The second-order valence-corrected chi connectivity index (χ2v) is 6.14. The molecule has 9 heteroatoms. The zero-order chi connectivity index (χ0) is 19.7. The fourth-order valence-electron chi connectivity index (χ4n) is 2.90. The summed E-state index contributed by atoms with van der Waals surface area (Å²) in [5.74, 6) is 0.721. The van der Waals surface area contributed by atoms with E-state index in [0.717, 1.165) is 10.9 Å². The van der Waals surface area contributed by atoms with E-state index >= 15 is 0 Å². The topological polar surface area (TPSA) is 128 Å². The zero-order valence-electron chi connectivity index (χ0n) is 15.0. The largest absolute Gasteiger partial charge is 0.497 e. The number of nitrogens with two attached hydrogens (primary N) is 1. The van der Waals surface area contributed by atoms with E-state index in [0.29, 0.717) is 22.7 Å². The Bertz CT molecular complexity index is 1170. The number of carbonyl (C=O) groups is 1. The molecule has 0 aliphatic rings. The summed E-state index contributed by atoms with van der Waals surface area (Å²) in [4.78, 5) is 20.7. The van der Waals surface area contributed by atoms with Crippen LogP contribution in [0, 0.1) is 0 Å². The van der Waals surface area contributed by atoms with E-state index in [4.69, 9.17) is 10.5 Å². The van der Waals surface area contributed by atoms with Gasteiger partial charge in [0.1, 0.15) is 11.8 Å². The standard InChI is InChI=1S/C19H18N6O3/c1-28-12-6-4-5-11(9-12)17-23-18-13-7-2-3-8-14(13)21-19(25(18)24-17)22-15(10-26)16(20)27/h2-9,15,26H,10H2,1H3,(H2,20,27)(H,21,22)/t15-/m1/s1. The summed E-state index contributed by atoms with van der Waals surface area (Å²) in [7, 11) is 1.59. The lowest BCUT2D eigenvalue weighted by molar-refractivity contribution is -0.119. The first-order valence-corrected chi connectivity index (χ1v) is 8.57. The Hall–Kier alpha value is -3.72. The van der Waals surface area contributed by atoms with Gasteiger partial charge in [-0.25, -0.2) is 9.97 Å². The average Bonchev–Trinajstić information content (AvgIpc) is 3.17. The van der Waals surface area contributed by atoms with Crippen LogP contribution in [0.15, 0.2) is 48.5 Å². The summed E-state index contributed by atoms with van der Waals surface area (Å²) in [6.45, 7) is -0.469. The van der Waals surface area contributed by atoms with Gasteiger partial charge in [-0.1, -0.05) is 24.3 Å². The molecule has 142 valence electrons. The summed E-state index contributed by atoms with van der Waals surface area (Å²) >= 11 is 0. The molecule has 0 aliphatic heterocycles. The molecule has 0 spiro atoms. The Labute approximate surface area is 159 Å². The van der Waals surface area contributed by atoms with Crippen molar-refractivity contribution >= 4 is 28.4 Å². The summed E-state index contributed by atoms with van der Waals surface area (Å²) in [5, 5.41) is 17.6. The molecule has 1 amide bonds. The molecule has 0 aliphatic carbocycles. The minimum atomic E-state index is -0.999. The number of carbonyl (C=O) groups excluding carboxylic acids is 1. The lowest BCUT2D eigenvalue weighted by atomic mass is 10.2. The number of aliphatic hydroxyl groups excluding tert-OH is 1. The van der Waals surface area contributed by atoms with Crippen molar-refractivity contribution in [2.24, 2.45) is 5.73 Å². The van der Waals surface area contributed by atoms with E-state index < -0.39 is 18.6 Å². The van der Waals surface area contributed by atoms with Gasteiger partial charge < -0.3 is 20.9 Å². The number of benzene rings is 2. The number of aliphatic hydroxyl groups is 1. The molecule has 9 nitrogen and oxygen atoms in total. The van der Waals surface area contributed by atoms with E-state index in [9.17, 15) is 9.90 Å². The Morgan fingerprint density at radius 1 is 1.25 bits per heavy atom. The number of nitrogens with zero attached hydrogens (tertiary/aromatic N) is 4. The van der Waals surface area contributed by atoms with Gasteiger partial charge in [0.05, 0.1) is 19.2 Å². The highest BCUT2D eigenvalue weighted by atomic mass is 16.5. The fraction of sp³-hybridized carbons (Fsp3) is 0.158. The fourth-order valence-corrected chi connectivity index (χ4v) is 2.90. The van der Waals surface area contributed by atoms with Crippen LogP contribution in [0.25, 0.3) is 27.9 Å². The Balaban J connectivity index is 1.93. The maximum atomic E-state index is 11.5. The predicted molar refractivity (Wildman–Crippen MR) is 104 cm³/mol. The first-order valence-electron chi connectivity index (χ1n) is 8.57. The Kier molecular flexibility index (Phi) is 4.50. The number of fused-ring (bicyclic) bond motifs is 3. The third-order valence-electron chi connectivity index (χ3n) is 4.34. The van der Waals surface area contributed by atoms with Crippen molar-refractivity contribution in [3.63, 3.8) is 0 Å². The van der Waals surface area contributed by atoms with Gasteiger partial charge in [0.25, 0.3) is 0 Å². The monoisotopic (exact) mass is 378 g/mol. The lowest BCUT2D eigenvalue weighted by Gasteiger charge is -2.14. The highest BCUT2D eigenvalue weighted by molar-refractivity contribution is 5.93. The van der Waals surface area contributed by atoms with Crippen LogP contribution in [0.2, 0.25) is 0 Å². The Morgan fingerprint density at radius 3 is 2.82 bits per heavy atom. The summed E-state index contributed by atoms with van der Waals surface area (Å²) in [6, 6.07) is 13.9. The quantitative estimate of drug-likeness (QED) is 0.460. The molecule has 4 N–H and O–H groups in total. The number of methoxy groups -OCH3 is 1. The number of ether oxygens (including phenoxy) is 1. The van der Waals surface area contributed by atoms with Crippen LogP contribution in [0.5, 0.6) is 5.75 Å². The number of anilines is 1. The highest BCUT2D eigenvalue weighted by Gasteiger charge is 2.19. The van der Waals surface area contributed by atoms with Crippen LogP contribution < -0.4 is 15.8 Å². The van der Waals surface area contributed by atoms with Crippen LogP contribution >= 0.6 is 0 Å². The van der Waals surface area contributed by atoms with Crippen molar-refractivity contribution in [2.75, 3.05) is 19.0 Å². The molecule has 0 bridgehead atoms. The average molecular weight is 378 g/mol. The third kappa shape index (κ3) is 3.08. The molecule has 0 saturated carbocycles. The molecule has 4 rings (SSSR count). The normalized spacial score (nSPS) is 12.2. The van der Waals surface area contributed by atoms with E-state index in [2.05, 4.69) is 20.4 Å². The second kappa shape index (κ2) is 7.12. The second-order valence-electron chi connectivity index (χ2n) is 6.14. The van der Waals surface area contributed by atoms with Crippen molar-refractivity contribution < 1.29 is 14.6 Å². The maximum absolute atomic E-state index is 11.5. The van der Waals surface area contributed by atoms with Crippen LogP contribution in [0.1, 0.15) is 0 Å². The van der Waals surface area contributed by atoms with Gasteiger partial charge in [0, 0.05) is 10.9 Å². The number of rotatable bonds is 6. The first kappa shape index (κ1) is 17.7. The SMILES string of the molecule is COc1cccc(-c2nc3c4ccccc4nc(N[C@H](CO)C(N)=O)n3n2)c1. The smallest absolute Gasteiger partial charge is 0.242 e. The third-order valence-corrected chi connectivity index (χ3v) is 4.34. The van der Waals surface area contributed by atoms with Crippen LogP contribution in [0.4, 0.5) is 5.95 Å². The zero-order valence-corrected chi connectivity index (χ0v) is 15.0. The van der Waals surface area contributed by atoms with Gasteiger partial charge in [0.2, 0.25) is 11.9 Å². The van der Waals surface area contributed by atoms with Crippen LogP contribution in [0.3, 0.4) is 0 Å². The van der Waals surface area contributed by atoms with Crippen LogP contribution in [-0.4, -0.2) is 50.4 Å². The number of amides is 1. The van der Waals surface area contributed by atoms with Crippen molar-refractivity contribution in [2.45, 2.75) is 6.04 Å². The number of nitrogens with one attached hydrogen (secondary N) is 1. The first-order chi connectivity index (χ1) is 13.6. The van der Waals surface area contributed by atoms with Gasteiger partial charge in [-0.15, -0.1) is 5.10 Å². The molecule has 28 heavy (non-hydrogen) atoms. The molecule has 1 atom stereocenters.